The molecule has 0 bridgehead atoms. The van der Waals surface area contributed by atoms with Crippen LogP contribution in [0.1, 0.15) is 44.9 Å². The van der Waals surface area contributed by atoms with Crippen LogP contribution in [-0.2, 0) is 0 Å². The van der Waals surface area contributed by atoms with Crippen molar-refractivity contribution >= 4 is 5.95 Å². The van der Waals surface area contributed by atoms with E-state index in [9.17, 15) is 0 Å². The van der Waals surface area contributed by atoms with Crippen molar-refractivity contribution in [2.45, 2.75) is 51.0 Å². The van der Waals surface area contributed by atoms with Crippen molar-refractivity contribution in [1.82, 2.24) is 9.97 Å². The molecule has 0 radical (unpaired) electrons. The maximum Gasteiger partial charge on any atom is 0.226 e. The number of nitrogens with one attached hydrogen (secondary N) is 1. The molecule has 2 aliphatic carbocycles. The molecule has 1 N–H and O–H groups in total. The first-order valence-corrected chi connectivity index (χ1v) is 9.19. The molecule has 0 saturated heterocycles. The van der Waals surface area contributed by atoms with Gasteiger partial charge in [0.25, 0.3) is 0 Å². The largest absolute Gasteiger partial charge is 0.439 e. The lowest BCUT2D eigenvalue weighted by molar-refractivity contribution is 0.367. The van der Waals surface area contributed by atoms with Crippen molar-refractivity contribution in [1.29, 1.82) is 0 Å². The molecule has 0 spiro atoms. The van der Waals surface area contributed by atoms with E-state index in [1.165, 1.54) is 44.9 Å². The number of anilines is 1. The lowest BCUT2D eigenvalue weighted by atomic mass is 9.92. The van der Waals surface area contributed by atoms with E-state index in [4.69, 9.17) is 4.74 Å². The average molecular weight is 323 g/mol. The number of aromatic nitrogens is 2. The standard InChI is InChI=1S/C20H25N3O/c1-3-7-15-13-17(14-16(15)8-4-1)22-20-21-12-11-19(23-20)24-18-9-5-2-6-10-18/h2,5-6,9-12,15-17H,1,3-4,7-8,13-14H2,(H,21,22,23). The number of hydrogen-bond acceptors (Lipinski definition) is 4. The van der Waals surface area contributed by atoms with Crippen LogP contribution in [0.3, 0.4) is 0 Å². The van der Waals surface area contributed by atoms with Crippen molar-refractivity contribution in [2.24, 2.45) is 11.8 Å². The Kier molecular flexibility index (Phi) is 4.63. The molecule has 2 saturated carbocycles. The van der Waals surface area contributed by atoms with Gasteiger partial charge in [-0.15, -0.1) is 0 Å². The average Bonchev–Trinajstić information content (AvgIpc) is 2.84. The molecule has 4 heteroatoms. The minimum atomic E-state index is 0.505. The number of hydrogen-bond donors (Lipinski definition) is 1. The molecule has 0 amide bonds. The van der Waals surface area contributed by atoms with Crippen LogP contribution in [0, 0.1) is 11.8 Å². The second-order valence-electron chi connectivity index (χ2n) is 7.10. The molecular formula is C20H25N3O. The summed E-state index contributed by atoms with van der Waals surface area (Å²) in [6, 6.07) is 12.1. The van der Waals surface area contributed by atoms with Gasteiger partial charge < -0.3 is 10.1 Å². The van der Waals surface area contributed by atoms with E-state index in [-0.39, 0.29) is 0 Å². The molecule has 2 atom stereocenters. The first kappa shape index (κ1) is 15.4. The summed E-state index contributed by atoms with van der Waals surface area (Å²) in [4.78, 5) is 8.90. The molecule has 1 aromatic heterocycles. The summed E-state index contributed by atoms with van der Waals surface area (Å²) >= 11 is 0. The summed E-state index contributed by atoms with van der Waals surface area (Å²) in [5, 5.41) is 3.54. The van der Waals surface area contributed by atoms with E-state index in [0.717, 1.165) is 17.6 Å². The normalized spacial score (nSPS) is 26.4. The van der Waals surface area contributed by atoms with Crippen LogP contribution in [0.15, 0.2) is 42.6 Å². The Bertz CT molecular complexity index is 647. The zero-order chi connectivity index (χ0) is 16.2. The number of benzene rings is 1. The van der Waals surface area contributed by atoms with Crippen LogP contribution in [0.25, 0.3) is 0 Å². The Morgan fingerprint density at radius 1 is 0.917 bits per heavy atom. The van der Waals surface area contributed by atoms with E-state index < -0.39 is 0 Å². The second kappa shape index (κ2) is 7.20. The summed E-state index contributed by atoms with van der Waals surface area (Å²) in [7, 11) is 0. The van der Waals surface area contributed by atoms with Crippen molar-refractivity contribution < 1.29 is 4.74 Å². The number of nitrogens with zero attached hydrogens (tertiary/aromatic N) is 2. The SMILES string of the molecule is c1ccc(Oc2ccnc(NC3CC4CCCCCC4C3)n2)cc1. The van der Waals surface area contributed by atoms with Crippen molar-refractivity contribution in [2.75, 3.05) is 5.32 Å². The number of rotatable bonds is 4. The molecule has 2 unspecified atom stereocenters. The number of para-hydroxylation sites is 1. The van der Waals surface area contributed by atoms with Crippen molar-refractivity contribution in [3.8, 4) is 11.6 Å². The highest BCUT2D eigenvalue weighted by Crippen LogP contribution is 2.41. The summed E-state index contributed by atoms with van der Waals surface area (Å²) < 4.78 is 5.80. The van der Waals surface area contributed by atoms with Gasteiger partial charge in [-0.3, -0.25) is 0 Å². The van der Waals surface area contributed by atoms with Crippen molar-refractivity contribution in [3.63, 3.8) is 0 Å². The second-order valence-corrected chi connectivity index (χ2v) is 7.10. The van der Waals surface area contributed by atoms with Gasteiger partial charge in [-0.2, -0.15) is 4.98 Å². The Labute approximate surface area is 143 Å². The third-order valence-corrected chi connectivity index (χ3v) is 5.42. The fourth-order valence-corrected chi connectivity index (χ4v) is 4.29. The molecule has 2 fully saturated rings. The zero-order valence-corrected chi connectivity index (χ0v) is 14.0. The van der Waals surface area contributed by atoms with E-state index in [0.29, 0.717) is 17.9 Å². The van der Waals surface area contributed by atoms with E-state index in [1.807, 2.05) is 30.3 Å². The molecule has 4 rings (SSSR count). The van der Waals surface area contributed by atoms with Crippen LogP contribution >= 0.6 is 0 Å². The maximum absolute atomic E-state index is 5.80. The highest BCUT2D eigenvalue weighted by Gasteiger charge is 2.34. The molecule has 1 aromatic carbocycles. The summed E-state index contributed by atoms with van der Waals surface area (Å²) in [6.07, 6.45) is 11.3. The Hall–Kier alpha value is -2.10. The van der Waals surface area contributed by atoms with Crippen LogP contribution in [0.4, 0.5) is 5.95 Å². The van der Waals surface area contributed by atoms with Gasteiger partial charge in [-0.05, 0) is 36.8 Å². The van der Waals surface area contributed by atoms with E-state index in [2.05, 4.69) is 15.3 Å². The van der Waals surface area contributed by atoms with Crippen LogP contribution in [-0.4, -0.2) is 16.0 Å². The van der Waals surface area contributed by atoms with Gasteiger partial charge in [-0.25, -0.2) is 4.98 Å². The number of fused-ring (bicyclic) bond motifs is 1. The zero-order valence-electron chi connectivity index (χ0n) is 14.0. The van der Waals surface area contributed by atoms with Crippen LogP contribution < -0.4 is 10.1 Å². The molecule has 126 valence electrons. The topological polar surface area (TPSA) is 47.0 Å². The highest BCUT2D eigenvalue weighted by atomic mass is 16.5. The number of ether oxygens (including phenoxy) is 1. The van der Waals surface area contributed by atoms with Crippen LogP contribution in [0.5, 0.6) is 11.6 Å². The van der Waals surface area contributed by atoms with Gasteiger partial charge in [0.2, 0.25) is 11.8 Å². The fraction of sp³-hybridized carbons (Fsp3) is 0.500. The molecule has 0 aliphatic heterocycles. The Morgan fingerprint density at radius 3 is 2.42 bits per heavy atom. The van der Waals surface area contributed by atoms with Gasteiger partial charge in [0.05, 0.1) is 0 Å². The lowest BCUT2D eigenvalue weighted by Gasteiger charge is -2.13. The third kappa shape index (κ3) is 3.69. The third-order valence-electron chi connectivity index (χ3n) is 5.42. The predicted octanol–water partition coefficient (Wildman–Crippen LogP) is 5.04. The van der Waals surface area contributed by atoms with Gasteiger partial charge in [0.15, 0.2) is 0 Å². The molecule has 24 heavy (non-hydrogen) atoms. The molecule has 4 nitrogen and oxygen atoms in total. The first-order chi connectivity index (χ1) is 11.9. The Balaban J connectivity index is 1.39. The fourth-order valence-electron chi connectivity index (χ4n) is 4.29. The predicted molar refractivity (Wildman–Crippen MR) is 95.3 cm³/mol. The summed E-state index contributed by atoms with van der Waals surface area (Å²) in [5.74, 6) is 3.86. The highest BCUT2D eigenvalue weighted by molar-refractivity contribution is 5.32. The van der Waals surface area contributed by atoms with Gasteiger partial charge in [0.1, 0.15) is 5.75 Å². The van der Waals surface area contributed by atoms with Gasteiger partial charge in [0, 0.05) is 18.3 Å². The molecule has 2 aromatic rings. The molecule has 2 aliphatic rings. The quantitative estimate of drug-likeness (QED) is 0.856. The summed E-state index contributed by atoms with van der Waals surface area (Å²) in [5.41, 5.74) is 0. The van der Waals surface area contributed by atoms with E-state index in [1.54, 1.807) is 12.3 Å². The van der Waals surface area contributed by atoms with E-state index >= 15 is 0 Å². The lowest BCUT2D eigenvalue weighted by Crippen LogP contribution is -2.18. The molecule has 1 heterocycles. The maximum atomic E-state index is 5.80. The smallest absolute Gasteiger partial charge is 0.226 e. The van der Waals surface area contributed by atoms with Gasteiger partial charge in [-0.1, -0.05) is 50.3 Å². The minimum Gasteiger partial charge on any atom is -0.439 e. The summed E-state index contributed by atoms with van der Waals surface area (Å²) in [6.45, 7) is 0. The Morgan fingerprint density at radius 2 is 1.67 bits per heavy atom. The minimum absolute atomic E-state index is 0.505. The van der Waals surface area contributed by atoms with Crippen molar-refractivity contribution in [3.05, 3.63) is 42.6 Å². The van der Waals surface area contributed by atoms with Crippen LogP contribution in [0.2, 0.25) is 0 Å². The monoisotopic (exact) mass is 323 g/mol. The first-order valence-electron chi connectivity index (χ1n) is 9.19. The molecular weight excluding hydrogens is 298 g/mol. The van der Waals surface area contributed by atoms with Gasteiger partial charge >= 0.3 is 0 Å².